The molecular formula is C23H46O2. The molecule has 2 heteroatoms. The van der Waals surface area contributed by atoms with Crippen LogP contribution < -0.4 is 0 Å². The highest BCUT2D eigenvalue weighted by molar-refractivity contribution is 5.77. The summed E-state index contributed by atoms with van der Waals surface area (Å²) in [6.07, 6.45) is 5.40. The maximum atomic E-state index is 12.9. The van der Waals surface area contributed by atoms with Gasteiger partial charge < -0.3 is 4.74 Å². The maximum Gasteiger partial charge on any atom is 0.312 e. The van der Waals surface area contributed by atoms with Crippen LogP contribution in [0.4, 0.5) is 0 Å². The molecule has 0 rings (SSSR count). The van der Waals surface area contributed by atoms with Crippen molar-refractivity contribution < 1.29 is 9.53 Å². The van der Waals surface area contributed by atoms with Gasteiger partial charge in [0.2, 0.25) is 0 Å². The minimum atomic E-state index is -0.460. The first-order valence-corrected chi connectivity index (χ1v) is 10.2. The first kappa shape index (κ1) is 24.5. The predicted octanol–water partition coefficient (Wildman–Crippen LogP) is 7.26. The zero-order chi connectivity index (χ0) is 20.1. The number of carbonyl (C=O) groups is 1. The van der Waals surface area contributed by atoms with Gasteiger partial charge in [0.1, 0.15) is 0 Å². The van der Waals surface area contributed by atoms with E-state index in [9.17, 15) is 4.79 Å². The van der Waals surface area contributed by atoms with Gasteiger partial charge in [-0.3, -0.25) is 4.79 Å². The summed E-state index contributed by atoms with van der Waals surface area (Å²) < 4.78 is 5.78. The van der Waals surface area contributed by atoms with E-state index in [-0.39, 0.29) is 16.8 Å². The number of ether oxygens (including phenoxy) is 1. The molecule has 0 aromatic carbocycles. The molecule has 0 amide bonds. The Balaban J connectivity index is 4.79. The van der Waals surface area contributed by atoms with Crippen LogP contribution in [0.25, 0.3) is 0 Å². The second-order valence-corrected chi connectivity index (χ2v) is 11.4. The highest BCUT2D eigenvalue weighted by Gasteiger charge is 2.47. The van der Waals surface area contributed by atoms with Crippen LogP contribution in [0.3, 0.4) is 0 Å². The normalized spacial score (nSPS) is 17.1. The average molecular weight is 355 g/mol. The SMILES string of the molecule is CCCC(CCCOC(=O)C(C)(CC(C)(C)C)C(C)(C)C)C(C)(C)C. The fourth-order valence-corrected chi connectivity index (χ4v) is 3.72. The van der Waals surface area contributed by atoms with Crippen LogP contribution in [0, 0.1) is 27.6 Å². The Morgan fingerprint density at radius 2 is 1.40 bits per heavy atom. The molecule has 2 nitrogen and oxygen atoms in total. The number of esters is 1. The van der Waals surface area contributed by atoms with Crippen LogP contribution in [0.2, 0.25) is 0 Å². The Hall–Kier alpha value is -0.530. The number of hydrogen-bond donors (Lipinski definition) is 0. The summed E-state index contributed by atoms with van der Waals surface area (Å²) in [5.41, 5.74) is -0.155. The predicted molar refractivity (Wildman–Crippen MR) is 110 cm³/mol. The first-order chi connectivity index (χ1) is 11.0. The summed E-state index contributed by atoms with van der Waals surface area (Å²) in [6.45, 7) is 24.9. The van der Waals surface area contributed by atoms with Crippen molar-refractivity contribution in [1.29, 1.82) is 0 Å². The molecule has 0 fully saturated rings. The Kier molecular flexibility index (Phi) is 8.72. The smallest absolute Gasteiger partial charge is 0.312 e. The highest BCUT2D eigenvalue weighted by Crippen LogP contribution is 2.47. The Labute approximate surface area is 158 Å². The molecule has 0 bridgehead atoms. The van der Waals surface area contributed by atoms with Crippen LogP contribution in [0.1, 0.15) is 108 Å². The van der Waals surface area contributed by atoms with Gasteiger partial charge in [0.05, 0.1) is 12.0 Å². The molecule has 0 radical (unpaired) electrons. The summed E-state index contributed by atoms with van der Waals surface area (Å²) >= 11 is 0. The topological polar surface area (TPSA) is 26.3 Å². The van der Waals surface area contributed by atoms with Gasteiger partial charge in [0, 0.05) is 0 Å². The van der Waals surface area contributed by atoms with Crippen molar-refractivity contribution in [3.63, 3.8) is 0 Å². The lowest BCUT2D eigenvalue weighted by atomic mass is 9.61. The van der Waals surface area contributed by atoms with Crippen molar-refractivity contribution in [3.8, 4) is 0 Å². The number of hydrogen-bond acceptors (Lipinski definition) is 2. The molecule has 2 unspecified atom stereocenters. The van der Waals surface area contributed by atoms with E-state index in [0.717, 1.165) is 19.3 Å². The van der Waals surface area contributed by atoms with Crippen molar-refractivity contribution >= 4 is 5.97 Å². The lowest BCUT2D eigenvalue weighted by Gasteiger charge is -2.43. The van der Waals surface area contributed by atoms with Crippen molar-refractivity contribution in [2.75, 3.05) is 6.61 Å². The minimum absolute atomic E-state index is 0.0299. The molecule has 2 atom stereocenters. The Bertz CT molecular complexity index is 403. The lowest BCUT2D eigenvalue weighted by Crippen LogP contribution is -2.44. The first-order valence-electron chi connectivity index (χ1n) is 10.2. The van der Waals surface area contributed by atoms with Gasteiger partial charge in [-0.2, -0.15) is 0 Å². The van der Waals surface area contributed by atoms with Gasteiger partial charge >= 0.3 is 5.97 Å². The third-order valence-electron chi connectivity index (χ3n) is 5.78. The quantitative estimate of drug-likeness (QED) is 0.338. The van der Waals surface area contributed by atoms with Gasteiger partial charge in [0.15, 0.2) is 0 Å². The molecule has 0 spiro atoms. The monoisotopic (exact) mass is 354 g/mol. The molecule has 0 aliphatic rings. The Morgan fingerprint density at radius 1 is 0.880 bits per heavy atom. The van der Waals surface area contributed by atoms with E-state index in [1.165, 1.54) is 12.8 Å². The van der Waals surface area contributed by atoms with Crippen molar-refractivity contribution in [2.45, 2.75) is 108 Å². The van der Waals surface area contributed by atoms with Gasteiger partial charge in [-0.15, -0.1) is 0 Å². The molecule has 0 aliphatic carbocycles. The average Bonchev–Trinajstić information content (AvgIpc) is 2.37. The van der Waals surface area contributed by atoms with Crippen LogP contribution in [0.5, 0.6) is 0 Å². The second-order valence-electron chi connectivity index (χ2n) is 11.4. The van der Waals surface area contributed by atoms with Crippen molar-refractivity contribution in [3.05, 3.63) is 0 Å². The molecule has 25 heavy (non-hydrogen) atoms. The summed E-state index contributed by atoms with van der Waals surface area (Å²) in [6, 6.07) is 0. The number of carbonyl (C=O) groups excluding carboxylic acids is 1. The molecule has 150 valence electrons. The van der Waals surface area contributed by atoms with Gasteiger partial charge in [-0.1, -0.05) is 82.1 Å². The van der Waals surface area contributed by atoms with E-state index in [1.807, 2.05) is 0 Å². The molecule has 0 N–H and O–H groups in total. The summed E-state index contributed by atoms with van der Waals surface area (Å²) in [5.74, 6) is 0.664. The Morgan fingerprint density at radius 3 is 1.76 bits per heavy atom. The molecule has 0 aromatic heterocycles. The standard InChI is InChI=1S/C23H46O2/c1-12-14-18(21(5,6)7)15-13-16-25-19(24)23(11,22(8,9)10)17-20(2,3)4/h18H,12-17H2,1-11H3. The van der Waals surface area contributed by atoms with E-state index < -0.39 is 5.41 Å². The van der Waals surface area contributed by atoms with Crippen LogP contribution in [-0.2, 0) is 9.53 Å². The van der Waals surface area contributed by atoms with E-state index in [1.54, 1.807) is 0 Å². The highest BCUT2D eigenvalue weighted by atomic mass is 16.5. The van der Waals surface area contributed by atoms with E-state index in [4.69, 9.17) is 4.74 Å². The fraction of sp³-hybridized carbons (Fsp3) is 0.957. The third kappa shape index (κ3) is 8.13. The van der Waals surface area contributed by atoms with Gasteiger partial charge in [-0.25, -0.2) is 0 Å². The molecule has 0 aromatic rings. The second kappa shape index (κ2) is 8.91. The number of rotatable bonds is 8. The van der Waals surface area contributed by atoms with Crippen LogP contribution in [-0.4, -0.2) is 12.6 Å². The molecule has 0 saturated carbocycles. The zero-order valence-electron chi connectivity index (χ0n) is 19.1. The van der Waals surface area contributed by atoms with Gasteiger partial charge in [-0.05, 0) is 48.3 Å². The largest absolute Gasteiger partial charge is 0.465 e. The third-order valence-corrected chi connectivity index (χ3v) is 5.78. The summed E-state index contributed by atoms with van der Waals surface area (Å²) in [7, 11) is 0. The van der Waals surface area contributed by atoms with Crippen molar-refractivity contribution in [2.24, 2.45) is 27.6 Å². The van der Waals surface area contributed by atoms with Crippen LogP contribution in [0.15, 0.2) is 0 Å². The van der Waals surface area contributed by atoms with E-state index in [2.05, 4.69) is 76.2 Å². The molecule has 0 aliphatic heterocycles. The van der Waals surface area contributed by atoms with E-state index in [0.29, 0.717) is 17.9 Å². The minimum Gasteiger partial charge on any atom is -0.465 e. The summed E-state index contributed by atoms with van der Waals surface area (Å²) in [4.78, 5) is 12.9. The van der Waals surface area contributed by atoms with Gasteiger partial charge in [0.25, 0.3) is 0 Å². The fourth-order valence-electron chi connectivity index (χ4n) is 3.72. The molecular weight excluding hydrogens is 308 g/mol. The maximum absolute atomic E-state index is 12.9. The molecule has 0 heterocycles. The van der Waals surface area contributed by atoms with E-state index >= 15 is 0 Å². The van der Waals surface area contributed by atoms with Crippen LogP contribution >= 0.6 is 0 Å². The summed E-state index contributed by atoms with van der Waals surface area (Å²) in [5, 5.41) is 0. The molecule has 0 saturated heterocycles. The van der Waals surface area contributed by atoms with Crippen molar-refractivity contribution in [1.82, 2.24) is 0 Å². The zero-order valence-corrected chi connectivity index (χ0v) is 19.1. The lowest BCUT2D eigenvalue weighted by molar-refractivity contribution is -0.165.